The molecule has 0 radical (unpaired) electrons. The van der Waals surface area contributed by atoms with Crippen LogP contribution < -0.4 is 0 Å². The van der Waals surface area contributed by atoms with Crippen molar-refractivity contribution in [1.29, 1.82) is 5.26 Å². The molecule has 5 rings (SSSR count). The van der Waals surface area contributed by atoms with Crippen molar-refractivity contribution < 1.29 is 9.53 Å². The highest BCUT2D eigenvalue weighted by Crippen LogP contribution is 2.41. The van der Waals surface area contributed by atoms with Crippen molar-refractivity contribution >= 4 is 46.7 Å². The van der Waals surface area contributed by atoms with Gasteiger partial charge in [-0.3, -0.25) is 0 Å². The molecular weight excluding hydrogens is 595 g/mol. The van der Waals surface area contributed by atoms with Gasteiger partial charge >= 0.3 is 6.09 Å². The Morgan fingerprint density at radius 1 is 0.976 bits per heavy atom. The van der Waals surface area contributed by atoms with E-state index in [-0.39, 0.29) is 11.5 Å². The smallest absolute Gasteiger partial charge is 0.410 e. The molecule has 1 spiro atoms. The minimum Gasteiger partial charge on any atom is -0.444 e. The van der Waals surface area contributed by atoms with Gasteiger partial charge in [-0.15, -0.1) is 0 Å². The van der Waals surface area contributed by atoms with Gasteiger partial charge in [0.25, 0.3) is 0 Å². The molecule has 0 bridgehead atoms. The van der Waals surface area contributed by atoms with Gasteiger partial charge in [0.1, 0.15) is 11.3 Å². The summed E-state index contributed by atoms with van der Waals surface area (Å²) in [6.45, 7) is 8.42. The maximum Gasteiger partial charge on any atom is 0.410 e. The van der Waals surface area contributed by atoms with Crippen LogP contribution in [0, 0.1) is 16.9 Å². The Labute approximate surface area is 261 Å². The van der Waals surface area contributed by atoms with Gasteiger partial charge in [0.2, 0.25) is 6.19 Å². The second-order valence-electron chi connectivity index (χ2n) is 12.0. The minimum atomic E-state index is -0.530. The van der Waals surface area contributed by atoms with E-state index in [0.29, 0.717) is 58.5 Å². The third-order valence-corrected chi connectivity index (χ3v) is 8.60. The Morgan fingerprint density at radius 2 is 1.67 bits per heavy atom. The molecule has 2 aliphatic rings. The van der Waals surface area contributed by atoms with Gasteiger partial charge in [0, 0.05) is 41.8 Å². The molecule has 8 nitrogen and oxygen atoms in total. The lowest BCUT2D eigenvalue weighted by atomic mass is 9.72. The Kier molecular flexibility index (Phi) is 8.75. The van der Waals surface area contributed by atoms with E-state index in [1.165, 1.54) is 0 Å². The lowest BCUT2D eigenvalue weighted by molar-refractivity contribution is -0.00652. The highest BCUT2D eigenvalue weighted by atomic mass is 35.5. The lowest BCUT2D eigenvalue weighted by Crippen LogP contribution is -2.52. The molecule has 0 saturated carbocycles. The number of nitriles is 1. The van der Waals surface area contributed by atoms with Crippen molar-refractivity contribution in [3.63, 3.8) is 0 Å². The highest BCUT2D eigenvalue weighted by Gasteiger charge is 2.41. The van der Waals surface area contributed by atoms with Gasteiger partial charge in [0.15, 0.2) is 5.84 Å². The number of carbonyl (C=O) groups is 1. The molecule has 0 N–H and O–H groups in total. The predicted molar refractivity (Wildman–Crippen MR) is 166 cm³/mol. The second kappa shape index (κ2) is 12.2. The number of ether oxygens (including phenoxy) is 1. The van der Waals surface area contributed by atoms with Crippen LogP contribution in [0.5, 0.6) is 0 Å². The molecule has 11 heteroatoms. The van der Waals surface area contributed by atoms with Crippen LogP contribution in [0.4, 0.5) is 4.79 Å². The molecule has 1 aromatic heterocycles. The van der Waals surface area contributed by atoms with Gasteiger partial charge < -0.3 is 14.5 Å². The number of hydrogen-bond donors (Lipinski definition) is 0. The number of amides is 1. The van der Waals surface area contributed by atoms with E-state index < -0.39 is 5.60 Å². The number of carbonyl (C=O) groups excluding carboxylic acids is 1. The minimum absolute atomic E-state index is 0.00800. The molecule has 2 aliphatic heterocycles. The fraction of sp³-hybridized carbons (Fsp3) is 0.419. The normalized spacial score (nSPS) is 17.3. The first-order chi connectivity index (χ1) is 20.0. The van der Waals surface area contributed by atoms with Crippen LogP contribution >= 0.6 is 34.8 Å². The van der Waals surface area contributed by atoms with Gasteiger partial charge in [-0.05, 0) is 88.3 Å². The molecule has 1 amide bonds. The van der Waals surface area contributed by atoms with Crippen LogP contribution in [0.1, 0.15) is 52.1 Å². The van der Waals surface area contributed by atoms with Crippen LogP contribution in [-0.4, -0.2) is 63.3 Å². The summed E-state index contributed by atoms with van der Waals surface area (Å²) in [6, 6.07) is 14.6. The Bertz CT molecular complexity index is 1530. The van der Waals surface area contributed by atoms with Crippen LogP contribution in [0.2, 0.25) is 15.1 Å². The maximum atomic E-state index is 12.8. The molecule has 0 aliphatic carbocycles. The lowest BCUT2D eigenvalue weighted by Gasteiger charge is -2.48. The van der Waals surface area contributed by atoms with Gasteiger partial charge in [-0.1, -0.05) is 46.9 Å². The summed E-state index contributed by atoms with van der Waals surface area (Å²) in [7, 11) is 0. The molecule has 2 fully saturated rings. The number of amidine groups is 1. The van der Waals surface area contributed by atoms with E-state index in [9.17, 15) is 10.1 Å². The molecule has 220 valence electrons. The summed E-state index contributed by atoms with van der Waals surface area (Å²) in [5, 5.41) is 16.2. The quantitative estimate of drug-likeness (QED) is 0.168. The van der Waals surface area contributed by atoms with Crippen LogP contribution in [0.15, 0.2) is 53.5 Å². The number of benzene rings is 2. The standard InChI is InChI=1S/C31H33Cl3N6O2/c1-30(2,3)42-29(41)39-14-4-11-31(19-39)12-15-38(16-13-31)28(36-20-35)25-18-27(21-5-7-22(32)8-6-21)40(37-25)26-10-9-23(33)17-24(26)34/h5-10,17-18H,4,11-16,19H2,1-3H3. The molecule has 0 atom stereocenters. The van der Waals surface area contributed by atoms with E-state index in [1.54, 1.807) is 16.8 Å². The van der Waals surface area contributed by atoms with Crippen molar-refractivity contribution in [3.05, 3.63) is 69.3 Å². The largest absolute Gasteiger partial charge is 0.444 e. The Hall–Kier alpha value is -3.25. The van der Waals surface area contributed by atoms with Gasteiger partial charge in [-0.25, -0.2) is 9.48 Å². The fourth-order valence-corrected chi connectivity index (χ4v) is 6.40. The van der Waals surface area contributed by atoms with Crippen molar-refractivity contribution in [2.75, 3.05) is 26.2 Å². The topological polar surface area (TPSA) is 86.8 Å². The number of halogens is 3. The zero-order valence-corrected chi connectivity index (χ0v) is 26.2. The van der Waals surface area contributed by atoms with Gasteiger partial charge in [-0.2, -0.15) is 15.4 Å². The zero-order chi connectivity index (χ0) is 30.1. The summed E-state index contributed by atoms with van der Waals surface area (Å²) in [6.07, 6.45) is 5.45. The van der Waals surface area contributed by atoms with E-state index in [0.717, 1.165) is 36.9 Å². The summed E-state index contributed by atoms with van der Waals surface area (Å²) < 4.78 is 7.40. The molecular formula is C31H33Cl3N6O2. The fourth-order valence-electron chi connectivity index (χ4n) is 5.78. The highest BCUT2D eigenvalue weighted by molar-refractivity contribution is 6.35. The Morgan fingerprint density at radius 3 is 2.31 bits per heavy atom. The average molecular weight is 628 g/mol. The zero-order valence-electron chi connectivity index (χ0n) is 23.9. The van der Waals surface area contributed by atoms with Crippen molar-refractivity contribution in [3.8, 4) is 23.1 Å². The average Bonchev–Trinajstić information content (AvgIpc) is 3.37. The SMILES string of the molecule is CC(C)(C)OC(=O)N1CCCC2(CCN(C(=NC#N)c3cc(-c4ccc(Cl)cc4)n(-c4ccc(Cl)cc4Cl)n3)CC2)C1. The molecule has 2 saturated heterocycles. The maximum absolute atomic E-state index is 12.8. The number of piperidine rings is 2. The number of nitrogens with zero attached hydrogens (tertiary/aromatic N) is 6. The van der Waals surface area contributed by atoms with Gasteiger partial charge in [0.05, 0.1) is 16.4 Å². The van der Waals surface area contributed by atoms with Crippen molar-refractivity contribution in [2.45, 2.75) is 52.1 Å². The van der Waals surface area contributed by atoms with Crippen molar-refractivity contribution in [2.24, 2.45) is 10.4 Å². The monoisotopic (exact) mass is 626 g/mol. The van der Waals surface area contributed by atoms with Crippen LogP contribution in [-0.2, 0) is 4.74 Å². The van der Waals surface area contributed by atoms with E-state index in [1.807, 2.05) is 68.3 Å². The molecule has 3 heterocycles. The first kappa shape index (κ1) is 30.2. The molecule has 3 aromatic rings. The summed E-state index contributed by atoms with van der Waals surface area (Å²) >= 11 is 18.9. The second-order valence-corrected chi connectivity index (χ2v) is 13.2. The number of aromatic nitrogens is 2. The Balaban J connectivity index is 1.42. The van der Waals surface area contributed by atoms with Crippen molar-refractivity contribution in [1.82, 2.24) is 19.6 Å². The number of hydrogen-bond acceptors (Lipinski definition) is 5. The summed E-state index contributed by atoms with van der Waals surface area (Å²) in [5.74, 6) is 0.506. The van der Waals surface area contributed by atoms with E-state index >= 15 is 0 Å². The predicted octanol–water partition coefficient (Wildman–Crippen LogP) is 7.84. The third-order valence-electron chi connectivity index (χ3n) is 7.81. The van der Waals surface area contributed by atoms with E-state index in [2.05, 4.69) is 9.89 Å². The summed E-state index contributed by atoms with van der Waals surface area (Å²) in [5.41, 5.74) is 2.33. The molecule has 42 heavy (non-hydrogen) atoms. The number of likely N-dealkylation sites (tertiary alicyclic amines) is 2. The van der Waals surface area contributed by atoms with Crippen LogP contribution in [0.25, 0.3) is 16.9 Å². The van der Waals surface area contributed by atoms with Crippen LogP contribution in [0.3, 0.4) is 0 Å². The summed E-state index contributed by atoms with van der Waals surface area (Å²) in [4.78, 5) is 21.0. The number of rotatable bonds is 3. The van der Waals surface area contributed by atoms with E-state index in [4.69, 9.17) is 44.6 Å². The molecule has 0 unspecified atom stereocenters. The first-order valence-electron chi connectivity index (χ1n) is 14.0. The first-order valence-corrected chi connectivity index (χ1v) is 15.1. The number of aliphatic imine (C=N–C) groups is 1. The molecule has 2 aromatic carbocycles. The third kappa shape index (κ3) is 6.70.